The number of hydrogen-bond donors (Lipinski definition) is 1. The first-order valence-electron chi connectivity index (χ1n) is 3.49. The minimum Gasteiger partial charge on any atom is -0.314 e. The van der Waals surface area contributed by atoms with Crippen LogP contribution in [-0.2, 0) is 6.54 Å². The summed E-state index contributed by atoms with van der Waals surface area (Å²) in [7, 11) is 1.48. The number of nitrogens with zero attached hydrogens (tertiary/aromatic N) is 3. The second kappa shape index (κ2) is 3.57. The Labute approximate surface area is 68.6 Å². The van der Waals surface area contributed by atoms with Crippen molar-refractivity contribution in [1.29, 1.82) is 0 Å². The molecule has 0 unspecified atom stereocenters. The first kappa shape index (κ1) is 9.05. The number of halogens is 2. The lowest BCUT2D eigenvalue weighted by Gasteiger charge is -2.14. The fourth-order valence-corrected chi connectivity index (χ4v) is 0.866. The van der Waals surface area contributed by atoms with Gasteiger partial charge in [-0.25, -0.2) is 18.4 Å². The number of hydrogen-bond acceptors (Lipinski definition) is 3. The van der Waals surface area contributed by atoms with Gasteiger partial charge in [-0.3, -0.25) is 0 Å². The van der Waals surface area contributed by atoms with Crippen LogP contribution < -0.4 is 5.32 Å². The first-order valence-corrected chi connectivity index (χ1v) is 3.49. The molecule has 12 heavy (non-hydrogen) atoms. The highest BCUT2D eigenvalue weighted by molar-refractivity contribution is 4.69. The fourth-order valence-electron chi connectivity index (χ4n) is 0.866. The standard InChI is InChI=1S/C6H10F2N4/c1-9-2-6(7,8)3-12-5-10-4-11-12/h4-5,9H,2-3H2,1H3. The Kier molecular flexibility index (Phi) is 2.69. The Balaban J connectivity index is 2.50. The summed E-state index contributed by atoms with van der Waals surface area (Å²) in [5.74, 6) is -2.78. The van der Waals surface area contributed by atoms with Crippen molar-refractivity contribution in [3.63, 3.8) is 0 Å². The molecular formula is C6H10F2N4. The van der Waals surface area contributed by atoms with Crippen LogP contribution >= 0.6 is 0 Å². The molecule has 0 fully saturated rings. The Hall–Kier alpha value is -1.04. The molecule has 1 N–H and O–H groups in total. The molecule has 0 radical (unpaired) electrons. The highest BCUT2D eigenvalue weighted by Gasteiger charge is 2.28. The molecule has 0 aliphatic rings. The molecule has 4 nitrogen and oxygen atoms in total. The van der Waals surface area contributed by atoms with Gasteiger partial charge in [0.2, 0.25) is 0 Å². The lowest BCUT2D eigenvalue weighted by Crippen LogP contribution is -2.34. The van der Waals surface area contributed by atoms with Crippen LogP contribution in [0, 0.1) is 0 Å². The van der Waals surface area contributed by atoms with Crippen LogP contribution in [0.5, 0.6) is 0 Å². The van der Waals surface area contributed by atoms with E-state index in [0.29, 0.717) is 0 Å². The molecule has 0 aliphatic heterocycles. The maximum Gasteiger partial charge on any atom is 0.279 e. The van der Waals surface area contributed by atoms with Crippen molar-refractivity contribution in [1.82, 2.24) is 20.1 Å². The molecule has 0 saturated carbocycles. The quantitative estimate of drug-likeness (QED) is 0.709. The zero-order chi connectivity index (χ0) is 9.03. The molecule has 1 rings (SSSR count). The smallest absolute Gasteiger partial charge is 0.279 e. The third kappa shape index (κ3) is 2.54. The summed E-state index contributed by atoms with van der Waals surface area (Å²) < 4.78 is 26.8. The number of rotatable bonds is 4. The predicted octanol–water partition coefficient (Wildman–Crippen LogP) is 0.133. The zero-order valence-electron chi connectivity index (χ0n) is 6.67. The maximum absolute atomic E-state index is 12.8. The van der Waals surface area contributed by atoms with Crippen LogP contribution in [0.15, 0.2) is 12.7 Å². The number of nitrogens with one attached hydrogen (secondary N) is 1. The van der Waals surface area contributed by atoms with Crippen molar-refractivity contribution in [2.45, 2.75) is 12.5 Å². The fraction of sp³-hybridized carbons (Fsp3) is 0.667. The molecule has 0 bridgehead atoms. The second-order valence-electron chi connectivity index (χ2n) is 2.48. The Morgan fingerprint density at radius 2 is 2.33 bits per heavy atom. The van der Waals surface area contributed by atoms with Gasteiger partial charge in [0.25, 0.3) is 5.92 Å². The topological polar surface area (TPSA) is 42.7 Å². The van der Waals surface area contributed by atoms with Gasteiger partial charge in [-0.15, -0.1) is 0 Å². The van der Waals surface area contributed by atoms with E-state index in [0.717, 1.165) is 4.68 Å². The lowest BCUT2D eigenvalue weighted by molar-refractivity contribution is -0.0163. The molecule has 1 heterocycles. The van der Waals surface area contributed by atoms with E-state index in [1.54, 1.807) is 0 Å². The van der Waals surface area contributed by atoms with Crippen molar-refractivity contribution in [2.24, 2.45) is 0 Å². The number of aromatic nitrogens is 3. The van der Waals surface area contributed by atoms with Crippen molar-refractivity contribution in [3.05, 3.63) is 12.7 Å². The average molecular weight is 176 g/mol. The lowest BCUT2D eigenvalue weighted by atomic mass is 10.3. The average Bonchev–Trinajstić information content (AvgIpc) is 2.38. The first-order chi connectivity index (χ1) is 5.64. The largest absolute Gasteiger partial charge is 0.314 e. The normalized spacial score (nSPS) is 11.9. The molecule has 0 atom stereocenters. The van der Waals surface area contributed by atoms with Gasteiger partial charge in [0.1, 0.15) is 19.2 Å². The van der Waals surface area contributed by atoms with Crippen LogP contribution in [0.4, 0.5) is 8.78 Å². The van der Waals surface area contributed by atoms with Crippen molar-refractivity contribution >= 4 is 0 Å². The summed E-state index contributed by atoms with van der Waals surface area (Å²) >= 11 is 0. The van der Waals surface area contributed by atoms with E-state index >= 15 is 0 Å². The van der Waals surface area contributed by atoms with Crippen molar-refractivity contribution in [2.75, 3.05) is 13.6 Å². The van der Waals surface area contributed by atoms with Crippen molar-refractivity contribution in [3.8, 4) is 0 Å². The van der Waals surface area contributed by atoms with Crippen LogP contribution in [0.2, 0.25) is 0 Å². The third-order valence-electron chi connectivity index (χ3n) is 1.30. The van der Waals surface area contributed by atoms with Gasteiger partial charge in [-0.1, -0.05) is 0 Å². The highest BCUT2D eigenvalue weighted by atomic mass is 19.3. The Morgan fingerprint density at radius 1 is 1.58 bits per heavy atom. The molecule has 1 aromatic heterocycles. The molecule has 0 amide bonds. The third-order valence-corrected chi connectivity index (χ3v) is 1.30. The van der Waals surface area contributed by atoms with Gasteiger partial charge >= 0.3 is 0 Å². The van der Waals surface area contributed by atoms with Gasteiger partial charge in [0.15, 0.2) is 0 Å². The van der Waals surface area contributed by atoms with Crippen LogP contribution in [-0.4, -0.2) is 34.3 Å². The van der Waals surface area contributed by atoms with Crippen LogP contribution in [0.25, 0.3) is 0 Å². The minimum atomic E-state index is -2.78. The zero-order valence-corrected chi connectivity index (χ0v) is 6.67. The summed E-state index contributed by atoms with van der Waals surface area (Å²) in [6.45, 7) is -0.791. The Morgan fingerprint density at radius 3 is 2.83 bits per heavy atom. The molecule has 0 saturated heterocycles. The van der Waals surface area contributed by atoms with Gasteiger partial charge in [-0.05, 0) is 7.05 Å². The molecule has 0 aromatic carbocycles. The number of alkyl halides is 2. The molecular weight excluding hydrogens is 166 g/mol. The summed E-state index contributed by atoms with van der Waals surface area (Å²) in [5, 5.41) is 5.99. The predicted molar refractivity (Wildman–Crippen MR) is 38.9 cm³/mol. The van der Waals surface area contributed by atoms with E-state index in [1.165, 1.54) is 19.7 Å². The van der Waals surface area contributed by atoms with Crippen molar-refractivity contribution < 1.29 is 8.78 Å². The van der Waals surface area contributed by atoms with Crippen LogP contribution in [0.3, 0.4) is 0 Å². The second-order valence-corrected chi connectivity index (χ2v) is 2.48. The maximum atomic E-state index is 12.8. The summed E-state index contributed by atoms with van der Waals surface area (Å²) in [5.41, 5.74) is 0. The summed E-state index contributed by atoms with van der Waals surface area (Å²) in [4.78, 5) is 3.56. The SMILES string of the molecule is CNCC(F)(F)Cn1cncn1. The van der Waals surface area contributed by atoms with E-state index in [4.69, 9.17) is 0 Å². The van der Waals surface area contributed by atoms with Gasteiger partial charge in [0.05, 0.1) is 6.54 Å². The Bertz CT molecular complexity index is 221. The van der Waals surface area contributed by atoms with E-state index in [9.17, 15) is 8.78 Å². The molecule has 68 valence electrons. The van der Waals surface area contributed by atoms with E-state index in [2.05, 4.69) is 15.4 Å². The summed E-state index contributed by atoms with van der Waals surface area (Å²) in [6.07, 6.45) is 2.50. The highest BCUT2D eigenvalue weighted by Crippen LogP contribution is 2.13. The van der Waals surface area contributed by atoms with Gasteiger partial charge in [-0.2, -0.15) is 5.10 Å². The minimum absolute atomic E-state index is 0.354. The van der Waals surface area contributed by atoms with E-state index in [1.807, 2.05) is 0 Å². The summed E-state index contributed by atoms with van der Waals surface area (Å²) in [6, 6.07) is 0. The van der Waals surface area contributed by atoms with Gasteiger partial charge < -0.3 is 5.32 Å². The van der Waals surface area contributed by atoms with E-state index < -0.39 is 12.5 Å². The van der Waals surface area contributed by atoms with E-state index in [-0.39, 0.29) is 6.54 Å². The molecule has 0 aliphatic carbocycles. The molecule has 1 aromatic rings. The monoisotopic (exact) mass is 176 g/mol. The van der Waals surface area contributed by atoms with Gasteiger partial charge in [0, 0.05) is 0 Å². The molecule has 6 heteroatoms. The van der Waals surface area contributed by atoms with Crippen LogP contribution in [0.1, 0.15) is 0 Å². The molecule has 0 spiro atoms.